The van der Waals surface area contributed by atoms with Crippen LogP contribution in [0.25, 0.3) is 0 Å². The molecule has 0 aliphatic carbocycles. The van der Waals surface area contributed by atoms with E-state index in [1.54, 1.807) is 13.8 Å². The molecule has 2 N–H and O–H groups in total. The van der Waals surface area contributed by atoms with Crippen molar-refractivity contribution in [2.75, 3.05) is 31.1 Å². The number of nitrogens with zero attached hydrogens (tertiary/aromatic N) is 1. The molecule has 4 heteroatoms. The van der Waals surface area contributed by atoms with Gasteiger partial charge in [-0.3, -0.25) is 4.79 Å². The van der Waals surface area contributed by atoms with E-state index in [0.717, 1.165) is 31.7 Å². The molecular formula is C14H20N2O2. The molecule has 1 aromatic carbocycles. The van der Waals surface area contributed by atoms with E-state index in [0.29, 0.717) is 0 Å². The molecule has 0 bridgehead atoms. The number of carboxylic acid groups (broad SMARTS) is 1. The second-order valence-corrected chi connectivity index (χ2v) is 5.21. The van der Waals surface area contributed by atoms with Crippen LogP contribution >= 0.6 is 0 Å². The maximum absolute atomic E-state index is 11.2. The van der Waals surface area contributed by atoms with Gasteiger partial charge in [0.25, 0.3) is 0 Å². The van der Waals surface area contributed by atoms with Crippen molar-refractivity contribution in [1.82, 2.24) is 5.32 Å². The number of carbonyl (C=O) groups is 1. The predicted molar refractivity (Wildman–Crippen MR) is 72.2 cm³/mol. The summed E-state index contributed by atoms with van der Waals surface area (Å²) in [6, 6.07) is 7.88. The highest BCUT2D eigenvalue weighted by Crippen LogP contribution is 2.26. The quantitative estimate of drug-likeness (QED) is 0.850. The number of rotatable bonds is 3. The fourth-order valence-corrected chi connectivity index (χ4v) is 2.14. The molecule has 0 amide bonds. The molecule has 1 aromatic rings. The van der Waals surface area contributed by atoms with E-state index in [1.807, 2.05) is 24.3 Å². The van der Waals surface area contributed by atoms with Crippen LogP contribution in [0, 0.1) is 0 Å². The van der Waals surface area contributed by atoms with Crippen LogP contribution in [0.3, 0.4) is 0 Å². The summed E-state index contributed by atoms with van der Waals surface area (Å²) in [5, 5.41) is 12.5. The lowest BCUT2D eigenvalue weighted by atomic mass is 9.85. The van der Waals surface area contributed by atoms with E-state index in [4.69, 9.17) is 0 Å². The first-order valence-electron chi connectivity index (χ1n) is 6.31. The molecular weight excluding hydrogens is 228 g/mol. The number of hydrogen-bond acceptors (Lipinski definition) is 3. The first-order valence-corrected chi connectivity index (χ1v) is 6.31. The van der Waals surface area contributed by atoms with Crippen LogP contribution in [-0.2, 0) is 10.2 Å². The zero-order chi connectivity index (χ0) is 13.2. The topological polar surface area (TPSA) is 52.6 Å². The third kappa shape index (κ3) is 2.48. The first-order chi connectivity index (χ1) is 8.51. The molecule has 1 saturated heterocycles. The zero-order valence-electron chi connectivity index (χ0n) is 10.9. The Labute approximate surface area is 108 Å². The van der Waals surface area contributed by atoms with Crippen molar-refractivity contribution in [3.8, 4) is 0 Å². The number of benzene rings is 1. The molecule has 4 nitrogen and oxygen atoms in total. The van der Waals surface area contributed by atoms with Gasteiger partial charge < -0.3 is 15.3 Å². The minimum absolute atomic E-state index is 0.794. The van der Waals surface area contributed by atoms with Crippen molar-refractivity contribution in [2.45, 2.75) is 19.3 Å². The van der Waals surface area contributed by atoms with Gasteiger partial charge in [0.1, 0.15) is 0 Å². The summed E-state index contributed by atoms with van der Waals surface area (Å²) >= 11 is 0. The van der Waals surface area contributed by atoms with Crippen molar-refractivity contribution >= 4 is 11.7 Å². The third-order valence-corrected chi connectivity index (χ3v) is 3.61. The van der Waals surface area contributed by atoms with Gasteiger partial charge in [0.05, 0.1) is 5.41 Å². The summed E-state index contributed by atoms with van der Waals surface area (Å²) in [5.41, 5.74) is 1.18. The lowest BCUT2D eigenvalue weighted by molar-refractivity contribution is -0.142. The lowest BCUT2D eigenvalue weighted by Crippen LogP contribution is -2.43. The lowest BCUT2D eigenvalue weighted by Gasteiger charge is -2.30. The van der Waals surface area contributed by atoms with E-state index in [-0.39, 0.29) is 0 Å². The van der Waals surface area contributed by atoms with Crippen molar-refractivity contribution in [2.24, 2.45) is 0 Å². The second-order valence-electron chi connectivity index (χ2n) is 5.21. The Hall–Kier alpha value is -1.55. The monoisotopic (exact) mass is 248 g/mol. The molecule has 98 valence electrons. The standard InChI is InChI=1S/C14H20N2O2/c1-14(2,13(17)18)11-3-5-12(6-4-11)16-9-7-15-8-10-16/h3-6,15H,7-10H2,1-2H3,(H,17,18). The van der Waals surface area contributed by atoms with Crippen molar-refractivity contribution in [3.63, 3.8) is 0 Å². The molecule has 0 radical (unpaired) electrons. The Morgan fingerprint density at radius 2 is 1.78 bits per heavy atom. The van der Waals surface area contributed by atoms with Gasteiger partial charge in [-0.1, -0.05) is 12.1 Å². The fraction of sp³-hybridized carbons (Fsp3) is 0.500. The molecule has 1 aliphatic rings. The van der Waals surface area contributed by atoms with E-state index in [1.165, 1.54) is 5.69 Å². The van der Waals surface area contributed by atoms with Crippen LogP contribution in [0.15, 0.2) is 24.3 Å². The van der Waals surface area contributed by atoms with Crippen molar-refractivity contribution < 1.29 is 9.90 Å². The Bertz CT molecular complexity index is 420. The summed E-state index contributed by atoms with van der Waals surface area (Å²) in [5.74, 6) is -0.794. The largest absolute Gasteiger partial charge is 0.481 e. The van der Waals surface area contributed by atoms with Crippen LogP contribution < -0.4 is 10.2 Å². The van der Waals surface area contributed by atoms with Crippen LogP contribution in [0.2, 0.25) is 0 Å². The average Bonchev–Trinajstić information content (AvgIpc) is 2.40. The molecule has 1 fully saturated rings. The van der Waals surface area contributed by atoms with Crippen LogP contribution in [-0.4, -0.2) is 37.3 Å². The Morgan fingerprint density at radius 3 is 2.28 bits per heavy atom. The number of aliphatic carboxylic acids is 1. The number of carboxylic acids is 1. The SMILES string of the molecule is CC(C)(C(=O)O)c1ccc(N2CCNCC2)cc1. The van der Waals surface area contributed by atoms with Crippen LogP contribution in [0.1, 0.15) is 19.4 Å². The van der Waals surface area contributed by atoms with Gasteiger partial charge in [-0.05, 0) is 31.5 Å². The average molecular weight is 248 g/mol. The summed E-state index contributed by atoms with van der Waals surface area (Å²) in [6.45, 7) is 7.47. The van der Waals surface area contributed by atoms with Crippen LogP contribution in [0.5, 0.6) is 0 Å². The molecule has 0 unspecified atom stereocenters. The highest BCUT2D eigenvalue weighted by atomic mass is 16.4. The molecule has 0 aromatic heterocycles. The molecule has 18 heavy (non-hydrogen) atoms. The molecule has 0 spiro atoms. The smallest absolute Gasteiger partial charge is 0.313 e. The van der Waals surface area contributed by atoms with Gasteiger partial charge in [0.15, 0.2) is 0 Å². The van der Waals surface area contributed by atoms with Crippen molar-refractivity contribution in [1.29, 1.82) is 0 Å². The molecule has 2 rings (SSSR count). The summed E-state index contributed by atoms with van der Waals surface area (Å²) < 4.78 is 0. The molecule has 0 saturated carbocycles. The predicted octanol–water partition coefficient (Wildman–Crippen LogP) is 1.46. The molecule has 1 aliphatic heterocycles. The molecule has 0 atom stereocenters. The van der Waals surface area contributed by atoms with E-state index < -0.39 is 11.4 Å². The molecule has 1 heterocycles. The number of anilines is 1. The van der Waals surface area contributed by atoms with E-state index in [2.05, 4.69) is 10.2 Å². The number of nitrogens with one attached hydrogen (secondary N) is 1. The van der Waals surface area contributed by atoms with E-state index >= 15 is 0 Å². The maximum Gasteiger partial charge on any atom is 0.313 e. The summed E-state index contributed by atoms with van der Waals surface area (Å²) in [6.07, 6.45) is 0. The minimum atomic E-state index is -0.831. The van der Waals surface area contributed by atoms with Gasteiger partial charge in [-0.2, -0.15) is 0 Å². The minimum Gasteiger partial charge on any atom is -0.481 e. The second kappa shape index (κ2) is 4.98. The number of hydrogen-bond donors (Lipinski definition) is 2. The first kappa shape index (κ1) is 12.9. The van der Waals surface area contributed by atoms with Gasteiger partial charge in [-0.15, -0.1) is 0 Å². The highest BCUT2D eigenvalue weighted by Gasteiger charge is 2.29. The highest BCUT2D eigenvalue weighted by molar-refractivity contribution is 5.80. The Kier molecular flexibility index (Phi) is 3.57. The Balaban J connectivity index is 2.17. The summed E-state index contributed by atoms with van der Waals surface area (Å²) in [7, 11) is 0. The zero-order valence-corrected chi connectivity index (χ0v) is 10.9. The van der Waals surface area contributed by atoms with Crippen LogP contribution in [0.4, 0.5) is 5.69 Å². The van der Waals surface area contributed by atoms with Gasteiger partial charge in [0.2, 0.25) is 0 Å². The van der Waals surface area contributed by atoms with Gasteiger partial charge in [0, 0.05) is 31.9 Å². The number of piperazine rings is 1. The normalized spacial score (nSPS) is 16.7. The Morgan fingerprint density at radius 1 is 1.22 bits per heavy atom. The fourth-order valence-electron chi connectivity index (χ4n) is 2.14. The third-order valence-electron chi connectivity index (χ3n) is 3.61. The van der Waals surface area contributed by atoms with E-state index in [9.17, 15) is 9.90 Å². The van der Waals surface area contributed by atoms with Gasteiger partial charge >= 0.3 is 5.97 Å². The van der Waals surface area contributed by atoms with Gasteiger partial charge in [-0.25, -0.2) is 0 Å². The maximum atomic E-state index is 11.2. The van der Waals surface area contributed by atoms with Crippen molar-refractivity contribution in [3.05, 3.63) is 29.8 Å². The summed E-state index contributed by atoms with van der Waals surface area (Å²) in [4.78, 5) is 13.5.